The minimum Gasteiger partial charge on any atom is -0.455 e. The van der Waals surface area contributed by atoms with Crippen molar-refractivity contribution in [2.45, 2.75) is 69.4 Å². The number of sulfonamides is 1. The number of piperazine rings is 1. The molecule has 5 aromatic rings. The molecule has 4 aliphatic rings. The van der Waals surface area contributed by atoms with Crippen LogP contribution in [0.25, 0.3) is 16.6 Å². The maximum Gasteiger partial charge on any atom is 0.293 e. The van der Waals surface area contributed by atoms with Gasteiger partial charge in [0.2, 0.25) is 0 Å². The fourth-order valence-electron chi connectivity index (χ4n) is 9.06. The summed E-state index contributed by atoms with van der Waals surface area (Å²) in [6, 6.07) is 21.2. The Bertz CT molecular complexity index is 2660. The van der Waals surface area contributed by atoms with Crippen molar-refractivity contribution < 1.29 is 22.9 Å². The molecule has 2 aromatic heterocycles. The number of rotatable bonds is 13. The van der Waals surface area contributed by atoms with Gasteiger partial charge in [-0.1, -0.05) is 43.2 Å². The fraction of sp³-hybridized carbons (Fsp3) is 0.391. The number of halogens is 1. The van der Waals surface area contributed by atoms with Crippen LogP contribution in [0.2, 0.25) is 5.02 Å². The van der Waals surface area contributed by atoms with E-state index in [1.165, 1.54) is 47.9 Å². The van der Waals surface area contributed by atoms with Gasteiger partial charge in [0, 0.05) is 92.3 Å². The average molecular weight is 879 g/mol. The highest BCUT2D eigenvalue weighted by Crippen LogP contribution is 2.44. The lowest BCUT2D eigenvalue weighted by Gasteiger charge is -2.39. The van der Waals surface area contributed by atoms with Gasteiger partial charge in [-0.15, -0.1) is 0 Å². The van der Waals surface area contributed by atoms with Crippen molar-refractivity contribution in [1.29, 1.82) is 0 Å². The van der Waals surface area contributed by atoms with Gasteiger partial charge < -0.3 is 19.9 Å². The van der Waals surface area contributed by atoms with Crippen LogP contribution in [0.1, 0.15) is 68.3 Å². The molecule has 4 heterocycles. The van der Waals surface area contributed by atoms with E-state index >= 15 is 0 Å². The number of nitrogens with zero attached hydrogens (tertiary/aromatic N) is 5. The Morgan fingerprint density at radius 1 is 1.00 bits per heavy atom. The first-order valence-corrected chi connectivity index (χ1v) is 23.2. The maximum absolute atomic E-state index is 14.0. The molecule has 1 atom stereocenters. The summed E-state index contributed by atoms with van der Waals surface area (Å²) in [7, 11) is -4.55. The summed E-state index contributed by atoms with van der Waals surface area (Å²) in [6.45, 7) is 10.4. The largest absolute Gasteiger partial charge is 0.455 e. The summed E-state index contributed by atoms with van der Waals surface area (Å²) in [5.41, 5.74) is 5.66. The van der Waals surface area contributed by atoms with Gasteiger partial charge in [-0.3, -0.25) is 24.7 Å². The van der Waals surface area contributed by atoms with Gasteiger partial charge in [0.15, 0.2) is 0 Å². The zero-order valence-corrected chi connectivity index (χ0v) is 36.5. The summed E-state index contributed by atoms with van der Waals surface area (Å²) in [6.07, 6.45) is 9.68. The van der Waals surface area contributed by atoms with Crippen molar-refractivity contribution in [2.24, 2.45) is 5.41 Å². The van der Waals surface area contributed by atoms with Crippen LogP contribution < -0.4 is 19.7 Å². The van der Waals surface area contributed by atoms with E-state index in [2.05, 4.69) is 60.7 Å². The van der Waals surface area contributed by atoms with E-state index in [4.69, 9.17) is 16.3 Å². The highest BCUT2D eigenvalue weighted by molar-refractivity contribution is 7.90. The lowest BCUT2D eigenvalue weighted by molar-refractivity contribution is -0.384. The first-order valence-electron chi connectivity index (χ1n) is 21.3. The van der Waals surface area contributed by atoms with E-state index in [9.17, 15) is 23.3 Å². The summed E-state index contributed by atoms with van der Waals surface area (Å²) in [5, 5.41) is 17.0. The van der Waals surface area contributed by atoms with E-state index in [1.54, 1.807) is 30.5 Å². The number of nitrogens with one attached hydrogen (secondary N) is 3. The van der Waals surface area contributed by atoms with Crippen LogP contribution in [0.4, 0.5) is 17.1 Å². The molecule has 14 nitrogen and oxygen atoms in total. The van der Waals surface area contributed by atoms with Crippen LogP contribution in [0.3, 0.4) is 0 Å². The molecule has 16 heteroatoms. The van der Waals surface area contributed by atoms with Crippen molar-refractivity contribution in [3.8, 4) is 11.5 Å². The molecule has 3 fully saturated rings. The average Bonchev–Trinajstić information content (AvgIpc) is 3.81. The number of allylic oxidation sites excluding steroid dienone is 1. The van der Waals surface area contributed by atoms with Crippen LogP contribution in [0, 0.1) is 15.5 Å². The number of ether oxygens (including phenoxy) is 1. The number of nitro benzene ring substituents is 1. The number of anilines is 2. The Balaban J connectivity index is 0.927. The molecule has 2 saturated heterocycles. The summed E-state index contributed by atoms with van der Waals surface area (Å²) >= 11 is 6.24. The van der Waals surface area contributed by atoms with Gasteiger partial charge in [-0.2, -0.15) is 0 Å². The maximum atomic E-state index is 14.0. The zero-order chi connectivity index (χ0) is 43.2. The van der Waals surface area contributed by atoms with E-state index < -0.39 is 25.7 Å². The molecule has 0 bridgehead atoms. The lowest BCUT2D eigenvalue weighted by Crippen LogP contribution is -2.47. The Morgan fingerprint density at radius 3 is 2.55 bits per heavy atom. The minimum absolute atomic E-state index is 0.0101. The molecule has 3 N–H and O–H groups in total. The molecule has 2 aliphatic carbocycles. The van der Waals surface area contributed by atoms with E-state index in [-0.39, 0.29) is 34.1 Å². The number of amides is 1. The van der Waals surface area contributed by atoms with Gasteiger partial charge >= 0.3 is 0 Å². The number of aromatic nitrogens is 2. The lowest BCUT2D eigenvalue weighted by atomic mass is 9.72. The Labute approximate surface area is 366 Å². The third-order valence-corrected chi connectivity index (χ3v) is 14.3. The molecule has 1 amide bonds. The number of carbonyl (C=O) groups is 1. The molecular weight excluding hydrogens is 828 g/mol. The third kappa shape index (κ3) is 9.31. The highest BCUT2D eigenvalue weighted by Gasteiger charge is 2.35. The fourth-order valence-corrected chi connectivity index (χ4v) is 10.2. The quantitative estimate of drug-likeness (QED) is 0.0767. The van der Waals surface area contributed by atoms with Gasteiger partial charge in [0.05, 0.1) is 21.6 Å². The monoisotopic (exact) mass is 878 g/mol. The molecule has 0 spiro atoms. The SMILES string of the molecule is CC1(C)CCC(CN2CCN(c3ccc(C(=O)NS(=O)(=O)c4ccc(N[C@@H]5CCN(C6CC6)C5)c([N+](=O)[O-])c4)c(Oc4cnc5[nH]ccc5c4)c3)CC2)=C(c2ccc(Cl)cc2)C1. The van der Waals surface area contributed by atoms with Crippen LogP contribution in [-0.4, -0.2) is 96.9 Å². The predicted octanol–water partition coefficient (Wildman–Crippen LogP) is 8.47. The molecule has 0 unspecified atom stereocenters. The predicted molar refractivity (Wildman–Crippen MR) is 242 cm³/mol. The van der Waals surface area contributed by atoms with Crippen LogP contribution in [0.5, 0.6) is 11.5 Å². The van der Waals surface area contributed by atoms with Crippen LogP contribution in [0.15, 0.2) is 95.7 Å². The number of fused-ring (bicyclic) bond motifs is 1. The number of carbonyl (C=O) groups excluding carboxylic acids is 1. The Morgan fingerprint density at radius 2 is 1.79 bits per heavy atom. The molecule has 324 valence electrons. The van der Waals surface area contributed by atoms with E-state index in [0.29, 0.717) is 17.4 Å². The van der Waals surface area contributed by atoms with Crippen LogP contribution >= 0.6 is 11.6 Å². The molecule has 62 heavy (non-hydrogen) atoms. The van der Waals surface area contributed by atoms with Gasteiger partial charge in [0.25, 0.3) is 21.6 Å². The molecule has 9 rings (SSSR count). The van der Waals surface area contributed by atoms with Crippen molar-refractivity contribution in [1.82, 2.24) is 24.5 Å². The molecule has 0 radical (unpaired) electrons. The van der Waals surface area contributed by atoms with E-state index in [1.807, 2.05) is 18.2 Å². The highest BCUT2D eigenvalue weighted by atomic mass is 35.5. The summed E-state index contributed by atoms with van der Waals surface area (Å²) in [5.74, 6) is -0.444. The van der Waals surface area contributed by atoms with E-state index in [0.717, 1.165) is 93.7 Å². The van der Waals surface area contributed by atoms with Crippen molar-refractivity contribution in [3.63, 3.8) is 0 Å². The molecular formula is C46H51ClN8O6S. The first-order chi connectivity index (χ1) is 29.8. The molecule has 2 aliphatic heterocycles. The van der Waals surface area contributed by atoms with Crippen LogP contribution in [-0.2, 0) is 10.0 Å². The molecule has 3 aromatic carbocycles. The number of hydrogen-bond donors (Lipinski definition) is 3. The van der Waals surface area contributed by atoms with Crippen molar-refractivity contribution in [3.05, 3.63) is 117 Å². The van der Waals surface area contributed by atoms with Crippen molar-refractivity contribution >= 4 is 61.2 Å². The topological polar surface area (TPSA) is 166 Å². The number of H-pyrrole nitrogens is 1. The summed E-state index contributed by atoms with van der Waals surface area (Å²) in [4.78, 5) is 39.7. The number of benzene rings is 3. The smallest absolute Gasteiger partial charge is 0.293 e. The summed E-state index contributed by atoms with van der Waals surface area (Å²) < 4.78 is 35.9. The second-order valence-electron chi connectivity index (χ2n) is 17.8. The van der Waals surface area contributed by atoms with Gasteiger partial charge in [0.1, 0.15) is 22.8 Å². The Kier molecular flexibility index (Phi) is 11.5. The number of likely N-dealkylation sites (tertiary alicyclic amines) is 1. The minimum atomic E-state index is -4.55. The second-order valence-corrected chi connectivity index (χ2v) is 19.9. The zero-order valence-electron chi connectivity index (χ0n) is 34.9. The number of aromatic amines is 1. The number of hydrogen-bond acceptors (Lipinski definition) is 11. The third-order valence-electron chi connectivity index (χ3n) is 12.7. The van der Waals surface area contributed by atoms with Crippen molar-refractivity contribution in [2.75, 3.05) is 56.0 Å². The number of nitro groups is 1. The first kappa shape index (κ1) is 41.9. The standard InChI is InChI=1S/C46H51ClN8O6S/c1-46(2)16-13-32(40(26-46)30-3-5-33(47)6-4-30)28-52-19-21-53(22-20-52)36-9-11-39(43(24-36)61-37-23-31-14-17-48-44(31)49-27-37)45(56)51-62(59,60)38-10-12-41(42(25-38)55(57)58)50-34-15-18-54(29-34)35-7-8-35/h3-6,9-12,14,17,23-25,27,34-35,50H,7-8,13,15-16,18-22,26,28-29H2,1-2H3,(H,48,49)(H,51,56)/t34-/m1/s1. The molecule has 1 saturated carbocycles. The van der Waals surface area contributed by atoms with Gasteiger partial charge in [-0.25, -0.2) is 18.1 Å². The normalized spacial score (nSPS) is 19.8. The second kappa shape index (κ2) is 17.0. The Hall–Kier alpha value is -5.48. The van der Waals surface area contributed by atoms with Gasteiger partial charge in [-0.05, 0) is 104 Å². The number of pyridine rings is 1.